The highest BCUT2D eigenvalue weighted by Crippen LogP contribution is 2.43. The molecule has 0 aromatic heterocycles. The number of fused-ring (bicyclic) bond motifs is 1. The van der Waals surface area contributed by atoms with Crippen LogP contribution in [0.15, 0.2) is 47.3 Å². The summed E-state index contributed by atoms with van der Waals surface area (Å²) >= 11 is 0. The van der Waals surface area contributed by atoms with E-state index in [0.717, 1.165) is 42.4 Å². The molecule has 1 aliphatic carbocycles. The minimum atomic E-state index is -0.700. The van der Waals surface area contributed by atoms with Crippen LogP contribution in [0.5, 0.6) is 0 Å². The molecule has 5 heteroatoms. The quantitative estimate of drug-likeness (QED) is 0.456. The van der Waals surface area contributed by atoms with E-state index in [2.05, 4.69) is 25.7 Å². The average molecular weight is 403 g/mol. The summed E-state index contributed by atoms with van der Waals surface area (Å²) in [6.45, 7) is 13.3. The number of ether oxygens (including phenoxy) is 3. The van der Waals surface area contributed by atoms with Crippen molar-refractivity contribution in [3.63, 3.8) is 0 Å². The van der Waals surface area contributed by atoms with E-state index in [1.165, 1.54) is 19.4 Å². The molecule has 1 unspecified atom stereocenters. The Hall–Kier alpha value is -2.30. The molecule has 29 heavy (non-hydrogen) atoms. The van der Waals surface area contributed by atoms with Crippen molar-refractivity contribution in [1.29, 1.82) is 0 Å². The third-order valence-electron chi connectivity index (χ3n) is 5.47. The van der Waals surface area contributed by atoms with Crippen molar-refractivity contribution in [1.82, 2.24) is 0 Å². The van der Waals surface area contributed by atoms with E-state index in [1.807, 2.05) is 13.8 Å². The van der Waals surface area contributed by atoms with Crippen molar-refractivity contribution >= 4 is 11.9 Å². The van der Waals surface area contributed by atoms with Crippen LogP contribution in [0.25, 0.3) is 0 Å². The fraction of sp³-hybridized carbons (Fsp3) is 0.583. The second kappa shape index (κ2) is 10.5. The third-order valence-corrected chi connectivity index (χ3v) is 5.47. The topological polar surface area (TPSA) is 61.8 Å². The lowest BCUT2D eigenvalue weighted by Gasteiger charge is -2.40. The van der Waals surface area contributed by atoms with E-state index >= 15 is 0 Å². The number of hydrogen-bond donors (Lipinski definition) is 0. The predicted molar refractivity (Wildman–Crippen MR) is 113 cm³/mol. The van der Waals surface area contributed by atoms with Gasteiger partial charge in [-0.2, -0.15) is 0 Å². The zero-order valence-electron chi connectivity index (χ0n) is 18.3. The van der Waals surface area contributed by atoms with Crippen LogP contribution >= 0.6 is 0 Å². The Kier molecular flexibility index (Phi) is 8.30. The number of rotatable bonds is 5. The number of carbonyl (C=O) groups excluding carboxylic acids is 2. The van der Waals surface area contributed by atoms with Gasteiger partial charge in [-0.3, -0.25) is 9.59 Å². The molecule has 0 spiro atoms. The molecular weight excluding hydrogens is 368 g/mol. The first-order valence-electron chi connectivity index (χ1n) is 10.4. The van der Waals surface area contributed by atoms with Crippen LogP contribution in [-0.2, 0) is 23.8 Å². The second-order valence-electron chi connectivity index (χ2n) is 8.27. The minimum Gasteiger partial charge on any atom is -0.462 e. The van der Waals surface area contributed by atoms with Gasteiger partial charge in [0.15, 0.2) is 0 Å². The van der Waals surface area contributed by atoms with Crippen LogP contribution in [0, 0.1) is 11.8 Å². The van der Waals surface area contributed by atoms with Gasteiger partial charge in [-0.15, -0.1) is 0 Å². The molecule has 1 heterocycles. The van der Waals surface area contributed by atoms with Gasteiger partial charge in [0, 0.05) is 31.8 Å². The predicted octanol–water partition coefficient (Wildman–Crippen LogP) is 5.39. The fourth-order valence-electron chi connectivity index (χ4n) is 4.07. The Labute approximate surface area is 174 Å². The summed E-state index contributed by atoms with van der Waals surface area (Å²) in [5, 5.41) is 0. The maximum Gasteiger partial charge on any atom is 0.305 e. The Morgan fingerprint density at radius 1 is 1.24 bits per heavy atom. The van der Waals surface area contributed by atoms with Crippen molar-refractivity contribution < 1.29 is 23.8 Å². The summed E-state index contributed by atoms with van der Waals surface area (Å²) in [4.78, 5) is 23.5. The molecule has 0 radical (unpaired) electrons. The number of hydrogen-bond acceptors (Lipinski definition) is 5. The Morgan fingerprint density at radius 3 is 2.59 bits per heavy atom. The molecule has 1 aliphatic heterocycles. The van der Waals surface area contributed by atoms with Gasteiger partial charge < -0.3 is 14.2 Å². The first kappa shape index (κ1) is 23.0. The number of allylic oxidation sites excluding steroid dienone is 3. The molecule has 0 aromatic rings. The molecule has 0 amide bonds. The van der Waals surface area contributed by atoms with Gasteiger partial charge in [0.1, 0.15) is 6.10 Å². The summed E-state index contributed by atoms with van der Waals surface area (Å²) in [7, 11) is 0. The van der Waals surface area contributed by atoms with Crippen LogP contribution in [0.1, 0.15) is 66.7 Å². The lowest BCUT2D eigenvalue weighted by molar-refractivity contribution is -0.181. The van der Waals surface area contributed by atoms with Gasteiger partial charge in [0.2, 0.25) is 6.29 Å². The summed E-state index contributed by atoms with van der Waals surface area (Å²) in [6, 6.07) is 0. The van der Waals surface area contributed by atoms with Crippen LogP contribution in [-0.4, -0.2) is 24.3 Å². The van der Waals surface area contributed by atoms with Crippen molar-refractivity contribution in [2.24, 2.45) is 11.8 Å². The Morgan fingerprint density at radius 2 is 1.97 bits per heavy atom. The minimum absolute atomic E-state index is 0.0250. The fourth-order valence-corrected chi connectivity index (χ4v) is 4.07. The zero-order valence-corrected chi connectivity index (χ0v) is 18.3. The molecule has 0 aromatic carbocycles. The Balaban J connectivity index is 2.45. The van der Waals surface area contributed by atoms with Crippen LogP contribution < -0.4 is 0 Å². The van der Waals surface area contributed by atoms with Crippen molar-refractivity contribution in [3.05, 3.63) is 47.3 Å². The van der Waals surface area contributed by atoms with Gasteiger partial charge in [0.05, 0.1) is 12.2 Å². The van der Waals surface area contributed by atoms with Crippen LogP contribution in [0.3, 0.4) is 0 Å². The van der Waals surface area contributed by atoms with Crippen LogP contribution in [0.2, 0.25) is 0 Å². The standard InChI is InChI=1S/C24H34O5/c1-15(2)10-13-22(28-18(5)25)21-14-27-24(29-19(6)26)23-17(4)9-7-8-16(3)11-12-20(21)23/h8,10,14,20,22-24H,4,7,9,11-13H2,1-3,5-6H3/b16-8+/t20-,22?,23+,24-/m1/s1. The van der Waals surface area contributed by atoms with E-state index in [1.54, 1.807) is 6.26 Å². The molecule has 0 N–H and O–H groups in total. The summed E-state index contributed by atoms with van der Waals surface area (Å²) in [5.41, 5.74) is 4.43. The SMILES string of the molecule is C=C1CC/C=C(\C)CC[C@@H]2C(C(CC=C(C)C)OC(C)=O)=CO[C@H](OC(C)=O)[C@@H]12. The van der Waals surface area contributed by atoms with E-state index in [4.69, 9.17) is 14.2 Å². The van der Waals surface area contributed by atoms with Gasteiger partial charge in [-0.1, -0.05) is 35.5 Å². The first-order valence-corrected chi connectivity index (χ1v) is 10.4. The molecule has 0 saturated carbocycles. The Bertz CT molecular complexity index is 724. The van der Waals surface area contributed by atoms with Crippen molar-refractivity contribution in [3.8, 4) is 0 Å². The number of esters is 2. The molecule has 160 valence electrons. The highest BCUT2D eigenvalue weighted by molar-refractivity contribution is 5.67. The van der Waals surface area contributed by atoms with E-state index in [0.29, 0.717) is 6.42 Å². The molecule has 0 saturated heterocycles. The first-order chi connectivity index (χ1) is 13.7. The molecular formula is C24H34O5. The number of carbonyl (C=O) groups is 2. The molecule has 4 atom stereocenters. The average Bonchev–Trinajstić information content (AvgIpc) is 2.68. The summed E-state index contributed by atoms with van der Waals surface area (Å²) in [5.74, 6) is -0.844. The van der Waals surface area contributed by atoms with Gasteiger partial charge >= 0.3 is 11.9 Å². The highest BCUT2D eigenvalue weighted by Gasteiger charge is 2.42. The van der Waals surface area contributed by atoms with E-state index in [-0.39, 0.29) is 23.8 Å². The lowest BCUT2D eigenvalue weighted by Crippen LogP contribution is -2.41. The maximum absolute atomic E-state index is 11.8. The van der Waals surface area contributed by atoms with Crippen molar-refractivity contribution in [2.75, 3.05) is 0 Å². The molecule has 2 rings (SSSR count). The molecule has 0 bridgehead atoms. The molecule has 0 fully saturated rings. The van der Waals surface area contributed by atoms with Crippen LogP contribution in [0.4, 0.5) is 0 Å². The molecule has 2 aliphatic rings. The third kappa shape index (κ3) is 6.62. The lowest BCUT2D eigenvalue weighted by atomic mass is 9.74. The van der Waals surface area contributed by atoms with Crippen molar-refractivity contribution in [2.45, 2.75) is 79.1 Å². The second-order valence-corrected chi connectivity index (χ2v) is 8.27. The van der Waals surface area contributed by atoms with Gasteiger partial charge in [0.25, 0.3) is 0 Å². The van der Waals surface area contributed by atoms with E-state index < -0.39 is 12.4 Å². The monoisotopic (exact) mass is 402 g/mol. The van der Waals surface area contributed by atoms with Gasteiger partial charge in [-0.05, 0) is 46.5 Å². The largest absolute Gasteiger partial charge is 0.462 e. The zero-order chi connectivity index (χ0) is 21.6. The summed E-state index contributed by atoms with van der Waals surface area (Å²) < 4.78 is 17.1. The van der Waals surface area contributed by atoms with Gasteiger partial charge in [-0.25, -0.2) is 0 Å². The smallest absolute Gasteiger partial charge is 0.305 e. The maximum atomic E-state index is 11.8. The van der Waals surface area contributed by atoms with E-state index in [9.17, 15) is 9.59 Å². The highest BCUT2D eigenvalue weighted by atomic mass is 16.7. The molecule has 5 nitrogen and oxygen atoms in total. The normalized spacial score (nSPS) is 27.3. The summed E-state index contributed by atoms with van der Waals surface area (Å²) in [6.07, 6.45) is 8.92.